The highest BCUT2D eigenvalue weighted by Crippen LogP contribution is 2.18. The molecule has 0 saturated heterocycles. The molecule has 2 N–H and O–H groups in total. The SMILES string of the molecule is [C-]#[N+]c1ccc(C(=O)NC(CO)C(=O)OC)cc1F. The Kier molecular flexibility index (Phi) is 4.97. The van der Waals surface area contributed by atoms with E-state index in [0.29, 0.717) is 0 Å². The highest BCUT2D eigenvalue weighted by atomic mass is 19.1. The number of nitrogens with one attached hydrogen (secondary N) is 1. The van der Waals surface area contributed by atoms with E-state index < -0.39 is 30.3 Å². The third-order valence-corrected chi connectivity index (χ3v) is 2.30. The third-order valence-electron chi connectivity index (χ3n) is 2.30. The number of hydrogen-bond acceptors (Lipinski definition) is 4. The van der Waals surface area contributed by atoms with Gasteiger partial charge in [-0.1, -0.05) is 12.1 Å². The Labute approximate surface area is 108 Å². The summed E-state index contributed by atoms with van der Waals surface area (Å²) in [6, 6.07) is 2.07. The van der Waals surface area contributed by atoms with Crippen molar-refractivity contribution >= 4 is 17.6 Å². The van der Waals surface area contributed by atoms with Crippen molar-refractivity contribution in [3.05, 3.63) is 41.0 Å². The minimum Gasteiger partial charge on any atom is -0.467 e. The van der Waals surface area contributed by atoms with Crippen LogP contribution in [0.4, 0.5) is 10.1 Å². The number of methoxy groups -OCH3 is 1. The van der Waals surface area contributed by atoms with Crippen LogP contribution in [0.3, 0.4) is 0 Å². The summed E-state index contributed by atoms with van der Waals surface area (Å²) in [5.74, 6) is -2.39. The predicted octanol–water partition coefficient (Wildman–Crippen LogP) is 0.640. The average Bonchev–Trinajstić information content (AvgIpc) is 2.43. The van der Waals surface area contributed by atoms with Crippen LogP contribution in [0.15, 0.2) is 18.2 Å². The zero-order valence-corrected chi connectivity index (χ0v) is 10.0. The van der Waals surface area contributed by atoms with Gasteiger partial charge < -0.3 is 15.2 Å². The second-order valence-corrected chi connectivity index (χ2v) is 3.51. The molecule has 0 bridgehead atoms. The van der Waals surface area contributed by atoms with Crippen LogP contribution in [-0.2, 0) is 9.53 Å². The molecule has 1 rings (SSSR count). The van der Waals surface area contributed by atoms with E-state index in [2.05, 4.69) is 14.9 Å². The van der Waals surface area contributed by atoms with E-state index in [4.69, 9.17) is 11.7 Å². The van der Waals surface area contributed by atoms with Gasteiger partial charge in [0.1, 0.15) is 5.82 Å². The molecule has 1 unspecified atom stereocenters. The van der Waals surface area contributed by atoms with Gasteiger partial charge in [-0.15, -0.1) is 0 Å². The number of halogens is 1. The van der Waals surface area contributed by atoms with Gasteiger partial charge in [-0.2, -0.15) is 0 Å². The Hall–Kier alpha value is -2.46. The summed E-state index contributed by atoms with van der Waals surface area (Å²) in [5.41, 5.74) is -0.268. The normalized spacial score (nSPS) is 11.3. The monoisotopic (exact) mass is 266 g/mol. The van der Waals surface area contributed by atoms with Gasteiger partial charge in [0.15, 0.2) is 6.04 Å². The van der Waals surface area contributed by atoms with Gasteiger partial charge in [0.25, 0.3) is 5.91 Å². The lowest BCUT2D eigenvalue weighted by atomic mass is 10.1. The highest BCUT2D eigenvalue weighted by molar-refractivity contribution is 5.97. The first-order valence-electron chi connectivity index (χ1n) is 5.20. The number of hydrogen-bond donors (Lipinski definition) is 2. The standard InChI is InChI=1S/C12H11FN2O4/c1-14-9-4-3-7(5-8(9)13)11(17)15-10(6-16)12(18)19-2/h3-5,10,16H,6H2,2H3,(H,15,17). The lowest BCUT2D eigenvalue weighted by Crippen LogP contribution is -2.44. The number of esters is 1. The van der Waals surface area contributed by atoms with Gasteiger partial charge >= 0.3 is 5.97 Å². The molecule has 1 amide bonds. The molecule has 19 heavy (non-hydrogen) atoms. The van der Waals surface area contributed by atoms with Crippen molar-refractivity contribution in [1.82, 2.24) is 5.32 Å². The number of amides is 1. The van der Waals surface area contributed by atoms with Crippen LogP contribution in [-0.4, -0.2) is 36.7 Å². The summed E-state index contributed by atoms with van der Waals surface area (Å²) >= 11 is 0. The molecule has 0 aliphatic carbocycles. The molecule has 0 saturated carbocycles. The lowest BCUT2D eigenvalue weighted by Gasteiger charge is -2.13. The fourth-order valence-corrected chi connectivity index (χ4v) is 1.30. The van der Waals surface area contributed by atoms with Crippen LogP contribution in [0.25, 0.3) is 4.85 Å². The van der Waals surface area contributed by atoms with Crippen LogP contribution >= 0.6 is 0 Å². The van der Waals surface area contributed by atoms with Crippen molar-refractivity contribution in [2.24, 2.45) is 0 Å². The molecule has 0 heterocycles. The Balaban J connectivity index is 2.87. The van der Waals surface area contributed by atoms with Crippen molar-refractivity contribution in [3.63, 3.8) is 0 Å². The first-order chi connectivity index (χ1) is 9.03. The number of nitrogens with zero attached hydrogens (tertiary/aromatic N) is 1. The Morgan fingerprint density at radius 2 is 2.26 bits per heavy atom. The second-order valence-electron chi connectivity index (χ2n) is 3.51. The molecule has 0 spiro atoms. The number of carbonyl (C=O) groups excluding carboxylic acids is 2. The van der Waals surface area contributed by atoms with E-state index in [1.807, 2.05) is 0 Å². The van der Waals surface area contributed by atoms with Gasteiger partial charge in [-0.3, -0.25) is 4.79 Å². The van der Waals surface area contributed by atoms with E-state index >= 15 is 0 Å². The van der Waals surface area contributed by atoms with Crippen molar-refractivity contribution in [1.29, 1.82) is 0 Å². The maximum Gasteiger partial charge on any atom is 0.330 e. The summed E-state index contributed by atoms with van der Waals surface area (Å²) < 4.78 is 17.7. The van der Waals surface area contributed by atoms with Gasteiger partial charge in [0.2, 0.25) is 5.69 Å². The van der Waals surface area contributed by atoms with Gasteiger partial charge in [-0.25, -0.2) is 14.0 Å². The summed E-state index contributed by atoms with van der Waals surface area (Å²) in [7, 11) is 1.11. The topological polar surface area (TPSA) is 80.0 Å². The maximum absolute atomic E-state index is 13.3. The Morgan fingerprint density at radius 3 is 2.74 bits per heavy atom. The number of aliphatic hydroxyl groups is 1. The van der Waals surface area contributed by atoms with Gasteiger partial charge in [-0.05, 0) is 6.07 Å². The number of rotatable bonds is 4. The zero-order valence-electron chi connectivity index (χ0n) is 10.0. The van der Waals surface area contributed by atoms with E-state index in [1.54, 1.807) is 0 Å². The molecule has 1 aromatic rings. The molecule has 0 aromatic heterocycles. The quantitative estimate of drug-likeness (QED) is 0.619. The van der Waals surface area contributed by atoms with Gasteiger partial charge in [0.05, 0.1) is 20.3 Å². The summed E-state index contributed by atoms with van der Waals surface area (Å²) in [6.45, 7) is 6.04. The first-order valence-corrected chi connectivity index (χ1v) is 5.20. The molecule has 0 aliphatic rings. The maximum atomic E-state index is 13.3. The Bertz CT molecular complexity index is 539. The molecule has 7 heteroatoms. The molecular weight excluding hydrogens is 255 g/mol. The van der Waals surface area contributed by atoms with Crippen LogP contribution in [0, 0.1) is 12.4 Å². The van der Waals surface area contributed by atoms with Crippen molar-refractivity contribution < 1.29 is 23.8 Å². The van der Waals surface area contributed by atoms with Crippen LogP contribution in [0.1, 0.15) is 10.4 Å². The highest BCUT2D eigenvalue weighted by Gasteiger charge is 2.21. The molecular formula is C12H11FN2O4. The molecule has 1 aromatic carbocycles. The minimum atomic E-state index is -1.22. The molecule has 0 fully saturated rings. The third kappa shape index (κ3) is 3.50. The number of ether oxygens (including phenoxy) is 1. The van der Waals surface area contributed by atoms with E-state index in [9.17, 15) is 14.0 Å². The molecule has 100 valence electrons. The van der Waals surface area contributed by atoms with Crippen LogP contribution in [0.2, 0.25) is 0 Å². The summed E-state index contributed by atoms with van der Waals surface area (Å²) in [4.78, 5) is 25.8. The fraction of sp³-hybridized carbons (Fsp3) is 0.250. The molecule has 6 nitrogen and oxygen atoms in total. The van der Waals surface area contributed by atoms with E-state index in [0.717, 1.165) is 19.2 Å². The summed E-state index contributed by atoms with van der Waals surface area (Å²) in [5, 5.41) is 11.1. The van der Waals surface area contributed by atoms with Crippen molar-refractivity contribution in [2.45, 2.75) is 6.04 Å². The van der Waals surface area contributed by atoms with Crippen molar-refractivity contribution in [3.8, 4) is 0 Å². The summed E-state index contributed by atoms with van der Waals surface area (Å²) in [6.07, 6.45) is 0. The average molecular weight is 266 g/mol. The smallest absolute Gasteiger partial charge is 0.330 e. The second kappa shape index (κ2) is 6.47. The Morgan fingerprint density at radius 1 is 1.58 bits per heavy atom. The van der Waals surface area contributed by atoms with Crippen molar-refractivity contribution in [2.75, 3.05) is 13.7 Å². The number of carbonyl (C=O) groups is 2. The first kappa shape index (κ1) is 14.6. The van der Waals surface area contributed by atoms with Crippen LogP contribution in [0.5, 0.6) is 0 Å². The number of aliphatic hydroxyl groups excluding tert-OH is 1. The largest absolute Gasteiger partial charge is 0.467 e. The lowest BCUT2D eigenvalue weighted by molar-refractivity contribution is -0.143. The van der Waals surface area contributed by atoms with E-state index in [1.165, 1.54) is 6.07 Å². The fourth-order valence-electron chi connectivity index (χ4n) is 1.30. The molecule has 0 aliphatic heterocycles. The van der Waals surface area contributed by atoms with Gasteiger partial charge in [0, 0.05) is 5.56 Å². The predicted molar refractivity (Wildman–Crippen MR) is 63.0 cm³/mol. The van der Waals surface area contributed by atoms with Crippen LogP contribution < -0.4 is 5.32 Å². The minimum absolute atomic E-state index is 0.0627. The molecule has 0 radical (unpaired) electrons. The zero-order chi connectivity index (χ0) is 14.4. The number of benzene rings is 1. The van der Waals surface area contributed by atoms with E-state index in [-0.39, 0.29) is 11.3 Å². The molecule has 1 atom stereocenters.